The number of nitrogens with zero attached hydrogens (tertiary/aromatic N) is 2. The van der Waals surface area contributed by atoms with Gasteiger partial charge in [0.25, 0.3) is 0 Å². The van der Waals surface area contributed by atoms with Gasteiger partial charge in [0.05, 0.1) is 17.6 Å². The van der Waals surface area contributed by atoms with E-state index in [1.165, 1.54) is 6.92 Å². The lowest BCUT2D eigenvalue weighted by molar-refractivity contribution is -0.154. The number of aliphatic carboxylic acids is 1. The molecule has 1 saturated heterocycles. The fourth-order valence-corrected chi connectivity index (χ4v) is 7.47. The molecule has 7 atom stereocenters. The molecule has 0 spiro atoms. The minimum Gasteiger partial charge on any atom is -0.480 e. The first kappa shape index (κ1) is 27.5. The van der Waals surface area contributed by atoms with Crippen molar-refractivity contribution in [3.8, 4) is 0 Å². The van der Waals surface area contributed by atoms with Gasteiger partial charge < -0.3 is 15.3 Å². The van der Waals surface area contributed by atoms with Gasteiger partial charge >= 0.3 is 12.1 Å². The first-order chi connectivity index (χ1) is 18.3. The smallest absolute Gasteiger partial charge is 0.416 e. The van der Waals surface area contributed by atoms with E-state index in [2.05, 4.69) is 10.3 Å². The lowest BCUT2D eigenvalue weighted by atomic mass is 9.72. The third-order valence-corrected chi connectivity index (χ3v) is 8.97. The van der Waals surface area contributed by atoms with Gasteiger partial charge in [-0.3, -0.25) is 4.79 Å². The van der Waals surface area contributed by atoms with Gasteiger partial charge in [-0.1, -0.05) is 57.5 Å². The van der Waals surface area contributed by atoms with Crippen LogP contribution in [-0.4, -0.2) is 39.0 Å². The largest absolute Gasteiger partial charge is 0.480 e. The lowest BCUT2D eigenvalue weighted by Crippen LogP contribution is -2.49. The first-order valence-corrected chi connectivity index (χ1v) is 13.7. The first-order valence-electron chi connectivity index (χ1n) is 13.7. The van der Waals surface area contributed by atoms with Crippen LogP contribution in [0.4, 0.5) is 19.0 Å². The monoisotopic (exact) mass is 543 g/mol. The molecule has 2 aliphatic carbocycles. The molecule has 3 aliphatic rings. The normalized spacial score (nSPS) is 30.5. The molecule has 0 radical (unpaired) electrons. The van der Waals surface area contributed by atoms with Crippen LogP contribution in [0.1, 0.15) is 69.3 Å². The SMILES string of the molecule is Cc1cc(C(F)(F)F)cc(N[C@@H]2[C@@H](C(C)(C)C)[C@H](C(=O)O)N(C(=O)[C@H]3C[C@H]4CC[C@@H]3C4)[C@@H]2c2ccccc2)n1. The quantitative estimate of drug-likeness (QED) is 0.461. The highest BCUT2D eigenvalue weighted by Crippen LogP contribution is 2.54. The van der Waals surface area contributed by atoms with E-state index in [9.17, 15) is 27.9 Å². The Labute approximate surface area is 227 Å². The number of likely N-dealkylation sites (tertiary alicyclic amines) is 1. The summed E-state index contributed by atoms with van der Waals surface area (Å²) >= 11 is 0. The predicted octanol–water partition coefficient (Wildman–Crippen LogP) is 6.32. The fraction of sp³-hybridized carbons (Fsp3) is 0.567. The van der Waals surface area contributed by atoms with Gasteiger partial charge in [0.15, 0.2) is 0 Å². The minimum atomic E-state index is -4.56. The van der Waals surface area contributed by atoms with Crippen LogP contribution < -0.4 is 5.32 Å². The molecule has 39 heavy (non-hydrogen) atoms. The minimum absolute atomic E-state index is 0.0147. The Bertz CT molecular complexity index is 1240. The molecule has 6 nitrogen and oxygen atoms in total. The number of pyridine rings is 1. The van der Waals surface area contributed by atoms with E-state index in [-0.39, 0.29) is 29.3 Å². The molecule has 210 valence electrons. The van der Waals surface area contributed by atoms with Crippen molar-refractivity contribution >= 4 is 17.7 Å². The van der Waals surface area contributed by atoms with Crippen LogP contribution in [0.5, 0.6) is 0 Å². The summed E-state index contributed by atoms with van der Waals surface area (Å²) in [6.45, 7) is 7.25. The number of anilines is 1. The van der Waals surface area contributed by atoms with E-state index < -0.39 is 47.2 Å². The fourth-order valence-electron chi connectivity index (χ4n) is 7.47. The molecule has 1 aromatic carbocycles. The molecule has 2 aromatic rings. The molecular formula is C30H36F3N3O3. The third-order valence-electron chi connectivity index (χ3n) is 8.97. The second-order valence-corrected chi connectivity index (χ2v) is 12.6. The van der Waals surface area contributed by atoms with Crippen LogP contribution in [0, 0.1) is 36.0 Å². The Balaban J connectivity index is 1.64. The maximum atomic E-state index is 14.3. The second kappa shape index (κ2) is 9.82. The van der Waals surface area contributed by atoms with Crippen molar-refractivity contribution in [2.24, 2.45) is 29.1 Å². The summed E-state index contributed by atoms with van der Waals surface area (Å²) in [6, 6.07) is 8.64. The van der Waals surface area contributed by atoms with Gasteiger partial charge in [-0.25, -0.2) is 9.78 Å². The van der Waals surface area contributed by atoms with Crippen LogP contribution in [0.2, 0.25) is 0 Å². The van der Waals surface area contributed by atoms with Crippen LogP contribution in [0.25, 0.3) is 0 Å². The molecule has 1 aromatic heterocycles. The molecule has 2 bridgehead atoms. The zero-order valence-electron chi connectivity index (χ0n) is 22.7. The number of rotatable bonds is 5. The number of aryl methyl sites for hydroxylation is 1. The Kier molecular flexibility index (Phi) is 6.92. The lowest BCUT2D eigenvalue weighted by Gasteiger charge is -2.36. The number of carbonyl (C=O) groups is 2. The van der Waals surface area contributed by atoms with Crippen LogP contribution in [-0.2, 0) is 15.8 Å². The van der Waals surface area contributed by atoms with Gasteiger partial charge in [0.1, 0.15) is 11.9 Å². The average molecular weight is 544 g/mol. The molecule has 2 saturated carbocycles. The molecule has 5 rings (SSSR count). The number of amides is 1. The zero-order chi connectivity index (χ0) is 28.3. The summed E-state index contributed by atoms with van der Waals surface area (Å²) in [5.41, 5.74) is -0.496. The van der Waals surface area contributed by atoms with Gasteiger partial charge in [-0.15, -0.1) is 0 Å². The van der Waals surface area contributed by atoms with Crippen LogP contribution in [0.3, 0.4) is 0 Å². The number of hydrogen-bond donors (Lipinski definition) is 2. The average Bonchev–Trinajstić information content (AvgIpc) is 3.56. The topological polar surface area (TPSA) is 82.5 Å². The molecule has 2 N–H and O–H groups in total. The number of carboxylic acids is 1. The summed E-state index contributed by atoms with van der Waals surface area (Å²) in [6.07, 6.45) is -0.722. The van der Waals surface area contributed by atoms with E-state index in [4.69, 9.17) is 0 Å². The summed E-state index contributed by atoms with van der Waals surface area (Å²) in [4.78, 5) is 33.2. The van der Waals surface area contributed by atoms with Crippen molar-refractivity contribution < 1.29 is 27.9 Å². The van der Waals surface area contributed by atoms with Crippen LogP contribution >= 0.6 is 0 Å². The van der Waals surface area contributed by atoms with Crippen molar-refractivity contribution in [2.75, 3.05) is 5.32 Å². The highest BCUT2D eigenvalue weighted by molar-refractivity contribution is 5.87. The highest BCUT2D eigenvalue weighted by atomic mass is 19.4. The van der Waals surface area contributed by atoms with Crippen LogP contribution in [0.15, 0.2) is 42.5 Å². The number of halogens is 3. The number of carboxylic acid groups (broad SMARTS) is 1. The molecule has 0 unspecified atom stereocenters. The van der Waals surface area contributed by atoms with Crippen molar-refractivity contribution in [1.82, 2.24) is 9.88 Å². The third kappa shape index (κ3) is 5.12. The number of aromatic nitrogens is 1. The highest BCUT2D eigenvalue weighted by Gasteiger charge is 2.60. The Hall–Kier alpha value is -3.10. The number of hydrogen-bond acceptors (Lipinski definition) is 4. The number of fused-ring (bicyclic) bond motifs is 2. The number of alkyl halides is 3. The molecule has 1 aliphatic heterocycles. The maximum Gasteiger partial charge on any atom is 0.416 e. The summed E-state index contributed by atoms with van der Waals surface area (Å²) in [5.74, 6) is -1.35. The molecule has 3 fully saturated rings. The van der Waals surface area contributed by atoms with E-state index >= 15 is 0 Å². The summed E-state index contributed by atoms with van der Waals surface area (Å²) in [7, 11) is 0. The Morgan fingerprint density at radius 3 is 2.28 bits per heavy atom. The maximum absolute atomic E-state index is 14.3. The van der Waals surface area contributed by atoms with E-state index in [1.54, 1.807) is 4.90 Å². The van der Waals surface area contributed by atoms with Gasteiger partial charge in [0, 0.05) is 17.5 Å². The Morgan fingerprint density at radius 2 is 1.74 bits per heavy atom. The second-order valence-electron chi connectivity index (χ2n) is 12.6. The molecule has 2 heterocycles. The predicted molar refractivity (Wildman–Crippen MR) is 141 cm³/mol. The molecule has 9 heteroatoms. The summed E-state index contributed by atoms with van der Waals surface area (Å²) in [5, 5.41) is 13.8. The van der Waals surface area contributed by atoms with Gasteiger partial charge in [-0.2, -0.15) is 13.2 Å². The number of carbonyl (C=O) groups excluding carboxylic acids is 1. The molecule has 1 amide bonds. The zero-order valence-corrected chi connectivity index (χ0v) is 22.7. The van der Waals surface area contributed by atoms with Gasteiger partial charge in [-0.05, 0) is 61.1 Å². The number of nitrogens with one attached hydrogen (secondary N) is 1. The van der Waals surface area contributed by atoms with Crippen molar-refractivity contribution in [2.45, 2.75) is 77.7 Å². The van der Waals surface area contributed by atoms with E-state index in [1.807, 2.05) is 51.1 Å². The van der Waals surface area contributed by atoms with Crippen molar-refractivity contribution in [1.29, 1.82) is 0 Å². The standard InChI is InChI=1S/C30H36F3N3O3/c1-16-12-20(30(31,32)33)15-22(34-16)35-24-23(29(2,3)4)26(28(38)39)36(25(24)18-8-6-5-7-9-18)27(37)21-14-17-10-11-19(21)13-17/h5-9,12,15,17,19,21,23-26H,10-11,13-14H2,1-4H3,(H,34,35)(H,38,39)/t17-,19+,21-,23+,24+,25+,26+/m0/s1. The Morgan fingerprint density at radius 1 is 1.05 bits per heavy atom. The van der Waals surface area contributed by atoms with Gasteiger partial charge in [0.2, 0.25) is 5.91 Å². The number of benzene rings is 1. The van der Waals surface area contributed by atoms with Crippen molar-refractivity contribution in [3.05, 3.63) is 59.3 Å². The van der Waals surface area contributed by atoms with E-state index in [0.29, 0.717) is 5.92 Å². The summed E-state index contributed by atoms with van der Waals surface area (Å²) < 4.78 is 41.0. The molecular weight excluding hydrogens is 507 g/mol. The van der Waals surface area contributed by atoms with Crippen molar-refractivity contribution in [3.63, 3.8) is 0 Å². The van der Waals surface area contributed by atoms with E-state index in [0.717, 1.165) is 43.4 Å².